The predicted molar refractivity (Wildman–Crippen MR) is 65.4 cm³/mol. The van der Waals surface area contributed by atoms with E-state index in [0.29, 0.717) is 5.02 Å². The van der Waals surface area contributed by atoms with Crippen LogP contribution in [0.15, 0.2) is 18.2 Å². The minimum Gasteiger partial charge on any atom is -0.449 e. The van der Waals surface area contributed by atoms with E-state index in [2.05, 4.69) is 10.1 Å². The van der Waals surface area contributed by atoms with Gasteiger partial charge in [0, 0.05) is 5.56 Å². The Labute approximate surface area is 113 Å². The summed E-state index contributed by atoms with van der Waals surface area (Å²) in [5, 5.41) is 11.1. The first-order valence-electron chi connectivity index (χ1n) is 4.80. The van der Waals surface area contributed by atoms with Crippen LogP contribution in [0.1, 0.15) is 10.4 Å². The summed E-state index contributed by atoms with van der Waals surface area (Å²) in [6.07, 6.45) is 0. The molecule has 1 N–H and O–H groups in total. The Balaban J connectivity index is 2.53. The second-order valence-electron chi connectivity index (χ2n) is 3.13. The Morgan fingerprint density at radius 1 is 1.33 bits per heavy atom. The molecule has 0 fully saturated rings. The fraction of sp³-hybridized carbons (Fsp3) is 0.182. The first kappa shape index (κ1) is 14.3. The second kappa shape index (κ2) is 6.84. The number of carbonyl (C=O) groups excluding carboxylic acids is 2. The summed E-state index contributed by atoms with van der Waals surface area (Å²) in [5.74, 6) is -1.17. The van der Waals surface area contributed by atoms with Crippen LogP contribution in [0.3, 0.4) is 0 Å². The van der Waals surface area contributed by atoms with Gasteiger partial charge in [-0.05, 0) is 18.2 Å². The number of esters is 1. The maximum atomic E-state index is 11.6. The van der Waals surface area contributed by atoms with E-state index in [-0.39, 0.29) is 23.7 Å². The van der Waals surface area contributed by atoms with E-state index in [9.17, 15) is 9.59 Å². The van der Waals surface area contributed by atoms with Crippen molar-refractivity contribution in [2.24, 2.45) is 0 Å². The Bertz CT molecular complexity index is 512. The highest BCUT2D eigenvalue weighted by Crippen LogP contribution is 2.22. The summed E-state index contributed by atoms with van der Waals surface area (Å²) in [4.78, 5) is 22.6. The largest absolute Gasteiger partial charge is 0.449 e. The molecule has 0 heterocycles. The van der Waals surface area contributed by atoms with E-state index >= 15 is 0 Å². The molecule has 1 aromatic rings. The molecule has 0 unspecified atom stereocenters. The molecule has 0 atom stereocenters. The van der Waals surface area contributed by atoms with E-state index in [1.807, 2.05) is 0 Å². The normalized spacial score (nSPS) is 9.39. The van der Waals surface area contributed by atoms with Crippen LogP contribution < -0.4 is 5.32 Å². The van der Waals surface area contributed by atoms with Crippen LogP contribution in [0.25, 0.3) is 0 Å². The molecule has 0 aromatic heterocycles. The zero-order valence-corrected chi connectivity index (χ0v) is 10.6. The van der Waals surface area contributed by atoms with Crippen molar-refractivity contribution in [2.45, 2.75) is 0 Å². The molecule has 0 saturated heterocycles. The monoisotopic (exact) mass is 286 g/mol. The molecule has 0 aliphatic rings. The molecular formula is C11H8Cl2N2O3. The quantitative estimate of drug-likeness (QED) is 0.856. The van der Waals surface area contributed by atoms with Crippen LogP contribution in [0.2, 0.25) is 10.0 Å². The number of rotatable bonds is 4. The molecule has 94 valence electrons. The summed E-state index contributed by atoms with van der Waals surface area (Å²) in [6, 6.07) is 5.99. The molecule has 0 aliphatic heterocycles. The molecule has 1 rings (SSSR count). The van der Waals surface area contributed by atoms with E-state index < -0.39 is 11.9 Å². The van der Waals surface area contributed by atoms with Crippen LogP contribution in [0.4, 0.5) is 0 Å². The predicted octanol–water partition coefficient (Wildman–Crippen LogP) is 1.79. The molecule has 0 saturated carbocycles. The smallest absolute Gasteiger partial charge is 0.326 e. The van der Waals surface area contributed by atoms with E-state index in [4.69, 9.17) is 28.5 Å². The van der Waals surface area contributed by atoms with E-state index in [1.165, 1.54) is 18.2 Å². The lowest BCUT2D eigenvalue weighted by Gasteiger charge is -2.05. The van der Waals surface area contributed by atoms with E-state index in [0.717, 1.165) is 0 Å². The number of nitrogens with one attached hydrogen (secondary N) is 1. The third-order valence-electron chi connectivity index (χ3n) is 1.87. The number of hydrogen-bond donors (Lipinski definition) is 1. The van der Waals surface area contributed by atoms with Gasteiger partial charge in [-0.2, -0.15) is 5.26 Å². The number of hydrogen-bond acceptors (Lipinski definition) is 4. The SMILES string of the molecule is N#CCOC(=O)CNC(=O)c1ccc(Cl)c(Cl)c1. The lowest BCUT2D eigenvalue weighted by molar-refractivity contribution is -0.140. The van der Waals surface area contributed by atoms with Gasteiger partial charge in [-0.15, -0.1) is 0 Å². The summed E-state index contributed by atoms with van der Waals surface area (Å²) in [5.41, 5.74) is 0.275. The Morgan fingerprint density at radius 2 is 2.06 bits per heavy atom. The van der Waals surface area contributed by atoms with Crippen LogP contribution >= 0.6 is 23.2 Å². The lowest BCUT2D eigenvalue weighted by Crippen LogP contribution is -2.30. The van der Waals surface area contributed by atoms with Gasteiger partial charge in [0.15, 0.2) is 6.61 Å². The van der Waals surface area contributed by atoms with Crippen LogP contribution in [0.5, 0.6) is 0 Å². The minimum atomic E-state index is -0.690. The van der Waals surface area contributed by atoms with Crippen LogP contribution in [0, 0.1) is 11.3 Å². The van der Waals surface area contributed by atoms with Crippen LogP contribution in [-0.2, 0) is 9.53 Å². The van der Waals surface area contributed by atoms with Gasteiger partial charge in [0.05, 0.1) is 10.0 Å². The molecule has 1 amide bonds. The fourth-order valence-electron chi connectivity index (χ4n) is 1.06. The number of benzene rings is 1. The van der Waals surface area contributed by atoms with Crippen molar-refractivity contribution in [1.29, 1.82) is 5.26 Å². The molecule has 0 aliphatic carbocycles. The number of nitriles is 1. The van der Waals surface area contributed by atoms with Gasteiger partial charge in [-0.25, -0.2) is 0 Å². The van der Waals surface area contributed by atoms with Gasteiger partial charge >= 0.3 is 5.97 Å². The summed E-state index contributed by atoms with van der Waals surface area (Å²) in [7, 11) is 0. The van der Waals surface area contributed by atoms with Gasteiger partial charge in [0.25, 0.3) is 5.91 Å². The maximum absolute atomic E-state index is 11.6. The third kappa shape index (κ3) is 4.24. The highest BCUT2D eigenvalue weighted by molar-refractivity contribution is 6.42. The Kier molecular flexibility index (Phi) is 5.43. The highest BCUT2D eigenvalue weighted by atomic mass is 35.5. The number of carbonyl (C=O) groups is 2. The average Bonchev–Trinajstić information content (AvgIpc) is 2.36. The van der Waals surface area contributed by atoms with E-state index in [1.54, 1.807) is 6.07 Å². The van der Waals surface area contributed by atoms with Gasteiger partial charge in [0.2, 0.25) is 0 Å². The molecule has 18 heavy (non-hydrogen) atoms. The molecule has 0 bridgehead atoms. The topological polar surface area (TPSA) is 79.2 Å². The number of ether oxygens (including phenoxy) is 1. The standard InChI is InChI=1S/C11H8Cl2N2O3/c12-8-2-1-7(5-9(8)13)11(17)15-6-10(16)18-4-3-14/h1-2,5H,4,6H2,(H,15,17). The molecular weight excluding hydrogens is 279 g/mol. The summed E-state index contributed by atoms with van der Waals surface area (Å²) >= 11 is 11.5. The minimum absolute atomic E-state index is 0.247. The summed E-state index contributed by atoms with van der Waals surface area (Å²) in [6.45, 7) is -0.664. The van der Waals surface area contributed by atoms with Crippen molar-refractivity contribution >= 4 is 35.1 Å². The third-order valence-corrected chi connectivity index (χ3v) is 2.61. The fourth-order valence-corrected chi connectivity index (χ4v) is 1.35. The molecule has 0 radical (unpaired) electrons. The van der Waals surface area contributed by atoms with Crippen LogP contribution in [-0.4, -0.2) is 25.0 Å². The molecule has 0 spiro atoms. The number of amides is 1. The first-order valence-corrected chi connectivity index (χ1v) is 5.56. The van der Waals surface area contributed by atoms with Gasteiger partial charge < -0.3 is 10.1 Å². The molecule has 5 nitrogen and oxygen atoms in total. The van der Waals surface area contributed by atoms with Crippen molar-refractivity contribution in [3.63, 3.8) is 0 Å². The molecule has 1 aromatic carbocycles. The van der Waals surface area contributed by atoms with Crippen molar-refractivity contribution in [2.75, 3.05) is 13.2 Å². The zero-order chi connectivity index (χ0) is 13.5. The van der Waals surface area contributed by atoms with Gasteiger partial charge in [0.1, 0.15) is 12.6 Å². The van der Waals surface area contributed by atoms with Gasteiger partial charge in [-0.1, -0.05) is 23.2 Å². The second-order valence-corrected chi connectivity index (χ2v) is 3.94. The lowest BCUT2D eigenvalue weighted by atomic mass is 10.2. The van der Waals surface area contributed by atoms with Crippen molar-refractivity contribution in [3.8, 4) is 6.07 Å². The first-order chi connectivity index (χ1) is 8.54. The van der Waals surface area contributed by atoms with Crippen molar-refractivity contribution in [3.05, 3.63) is 33.8 Å². The highest BCUT2D eigenvalue weighted by Gasteiger charge is 2.10. The zero-order valence-electron chi connectivity index (χ0n) is 9.07. The number of halogens is 2. The molecule has 7 heteroatoms. The summed E-state index contributed by atoms with van der Waals surface area (Å²) < 4.78 is 4.46. The Hall–Kier alpha value is -1.77. The number of nitrogens with zero attached hydrogens (tertiary/aromatic N) is 1. The Morgan fingerprint density at radius 3 is 2.67 bits per heavy atom. The maximum Gasteiger partial charge on any atom is 0.326 e. The average molecular weight is 287 g/mol. The van der Waals surface area contributed by atoms with Gasteiger partial charge in [-0.3, -0.25) is 9.59 Å². The van der Waals surface area contributed by atoms with Crippen molar-refractivity contribution in [1.82, 2.24) is 5.32 Å². The van der Waals surface area contributed by atoms with Crippen molar-refractivity contribution < 1.29 is 14.3 Å².